The van der Waals surface area contributed by atoms with E-state index in [0.29, 0.717) is 6.54 Å². The van der Waals surface area contributed by atoms with Crippen LogP contribution < -0.4 is 15.4 Å². The van der Waals surface area contributed by atoms with Crippen LogP contribution in [-0.4, -0.2) is 19.7 Å². The van der Waals surface area contributed by atoms with Crippen LogP contribution in [0.25, 0.3) is 0 Å². The predicted molar refractivity (Wildman–Crippen MR) is 86.9 cm³/mol. The molecule has 1 aliphatic heterocycles. The molecule has 110 valence electrons. The van der Waals surface area contributed by atoms with Gasteiger partial charge in [0.05, 0.1) is 6.54 Å². The Kier molecular flexibility index (Phi) is 3.84. The molecule has 2 N–H and O–H groups in total. The number of hydrogen-bond donors (Lipinski definition) is 1. The average molecular weight is 282 g/mol. The molecule has 1 atom stereocenters. The summed E-state index contributed by atoms with van der Waals surface area (Å²) in [6.07, 6.45) is 1.21. The quantitative estimate of drug-likeness (QED) is 0.937. The van der Waals surface area contributed by atoms with E-state index in [0.717, 1.165) is 24.3 Å². The highest BCUT2D eigenvalue weighted by molar-refractivity contribution is 5.48. The molecule has 1 unspecified atom stereocenters. The number of fused-ring (bicyclic) bond motifs is 1. The van der Waals surface area contributed by atoms with Crippen LogP contribution in [0, 0.1) is 6.92 Å². The number of likely N-dealkylation sites (N-methyl/N-ethyl adjacent to an activating group) is 1. The Hall–Kier alpha value is -2.00. The molecule has 0 fully saturated rings. The Morgan fingerprint density at radius 1 is 1.19 bits per heavy atom. The summed E-state index contributed by atoms with van der Waals surface area (Å²) in [7, 11) is 2.11. The van der Waals surface area contributed by atoms with E-state index in [1.165, 1.54) is 16.8 Å². The molecule has 3 heteroatoms. The number of nitrogens with two attached hydrogens (primary N) is 1. The van der Waals surface area contributed by atoms with Gasteiger partial charge in [-0.3, -0.25) is 0 Å². The van der Waals surface area contributed by atoms with Gasteiger partial charge in [0.1, 0.15) is 11.9 Å². The van der Waals surface area contributed by atoms with Crippen molar-refractivity contribution in [3.63, 3.8) is 0 Å². The lowest BCUT2D eigenvalue weighted by Crippen LogP contribution is -2.31. The van der Waals surface area contributed by atoms with Gasteiger partial charge in [-0.05, 0) is 36.2 Å². The van der Waals surface area contributed by atoms with Crippen LogP contribution in [0.2, 0.25) is 0 Å². The molecule has 2 aromatic carbocycles. The van der Waals surface area contributed by atoms with E-state index in [4.69, 9.17) is 10.5 Å². The average Bonchev–Trinajstić information content (AvgIpc) is 2.88. The van der Waals surface area contributed by atoms with Crippen molar-refractivity contribution in [1.29, 1.82) is 0 Å². The number of hydrogen-bond acceptors (Lipinski definition) is 3. The molecule has 0 radical (unpaired) electrons. The lowest BCUT2D eigenvalue weighted by molar-refractivity contribution is 0.239. The molecule has 1 heterocycles. The molecule has 0 bridgehead atoms. The van der Waals surface area contributed by atoms with E-state index in [1.807, 2.05) is 0 Å². The second-order valence-corrected chi connectivity index (χ2v) is 5.81. The summed E-state index contributed by atoms with van der Waals surface area (Å²) >= 11 is 0. The van der Waals surface area contributed by atoms with E-state index in [2.05, 4.69) is 61.3 Å². The van der Waals surface area contributed by atoms with E-state index in [-0.39, 0.29) is 6.10 Å². The van der Waals surface area contributed by atoms with Crippen LogP contribution >= 0.6 is 0 Å². The molecule has 3 rings (SSSR count). The maximum absolute atomic E-state index is 6.04. The van der Waals surface area contributed by atoms with Gasteiger partial charge < -0.3 is 15.4 Å². The first kappa shape index (κ1) is 14.0. The van der Waals surface area contributed by atoms with Gasteiger partial charge >= 0.3 is 0 Å². The maximum atomic E-state index is 6.04. The van der Waals surface area contributed by atoms with Crippen molar-refractivity contribution in [2.75, 3.05) is 18.5 Å². The van der Waals surface area contributed by atoms with Crippen LogP contribution in [0.4, 0.5) is 5.69 Å². The fourth-order valence-corrected chi connectivity index (χ4v) is 2.85. The van der Waals surface area contributed by atoms with E-state index >= 15 is 0 Å². The summed E-state index contributed by atoms with van der Waals surface area (Å²) in [5.41, 5.74) is 10.6. The topological polar surface area (TPSA) is 38.5 Å². The molecular weight excluding hydrogens is 260 g/mol. The smallest absolute Gasteiger partial charge is 0.123 e. The fourth-order valence-electron chi connectivity index (χ4n) is 2.85. The Morgan fingerprint density at radius 3 is 2.67 bits per heavy atom. The molecule has 0 aromatic heterocycles. The third-order valence-electron chi connectivity index (χ3n) is 4.05. The minimum absolute atomic E-state index is 0.223. The first-order chi connectivity index (χ1) is 10.2. The van der Waals surface area contributed by atoms with Crippen molar-refractivity contribution in [3.05, 3.63) is 59.2 Å². The summed E-state index contributed by atoms with van der Waals surface area (Å²) in [5, 5.41) is 0. The number of aryl methyl sites for hydroxylation is 1. The van der Waals surface area contributed by atoms with Crippen molar-refractivity contribution in [1.82, 2.24) is 0 Å². The van der Waals surface area contributed by atoms with Crippen LogP contribution in [0.15, 0.2) is 42.5 Å². The molecule has 0 aliphatic carbocycles. The second-order valence-electron chi connectivity index (χ2n) is 5.81. The van der Waals surface area contributed by atoms with Gasteiger partial charge in [-0.25, -0.2) is 0 Å². The van der Waals surface area contributed by atoms with Gasteiger partial charge in [-0.15, -0.1) is 0 Å². The lowest BCUT2D eigenvalue weighted by atomic mass is 10.1. The Bertz CT molecular complexity index is 622. The number of ether oxygens (including phenoxy) is 1. The lowest BCUT2D eigenvalue weighted by Gasteiger charge is -2.23. The van der Waals surface area contributed by atoms with Crippen LogP contribution in [0.3, 0.4) is 0 Å². The minimum Gasteiger partial charge on any atom is -0.488 e. The molecule has 0 spiro atoms. The number of benzene rings is 2. The summed E-state index contributed by atoms with van der Waals surface area (Å²) in [6.45, 7) is 3.60. The SMILES string of the molecule is Cc1ccc2c(c1)CC(CN(C)c1ccc(CN)cc1)O2. The third kappa shape index (κ3) is 3.03. The molecule has 0 saturated heterocycles. The first-order valence-electron chi connectivity index (χ1n) is 7.42. The highest BCUT2D eigenvalue weighted by atomic mass is 16.5. The summed E-state index contributed by atoms with van der Waals surface area (Å²) in [5.74, 6) is 1.04. The molecule has 0 amide bonds. The number of rotatable bonds is 4. The Balaban J connectivity index is 1.65. The van der Waals surface area contributed by atoms with E-state index < -0.39 is 0 Å². The van der Waals surface area contributed by atoms with E-state index in [1.54, 1.807) is 0 Å². The van der Waals surface area contributed by atoms with Gasteiger partial charge in [0.2, 0.25) is 0 Å². The molecule has 3 nitrogen and oxygen atoms in total. The minimum atomic E-state index is 0.223. The standard InChI is InChI=1S/C18H22N2O/c1-13-3-8-18-15(9-13)10-17(21-18)12-20(2)16-6-4-14(11-19)5-7-16/h3-9,17H,10-12,19H2,1-2H3. The van der Waals surface area contributed by atoms with Crippen molar-refractivity contribution < 1.29 is 4.74 Å². The van der Waals surface area contributed by atoms with Gasteiger partial charge in [0, 0.05) is 25.7 Å². The fraction of sp³-hybridized carbons (Fsp3) is 0.333. The summed E-state index contributed by atoms with van der Waals surface area (Å²) < 4.78 is 6.04. The first-order valence-corrected chi connectivity index (χ1v) is 7.42. The molecule has 21 heavy (non-hydrogen) atoms. The van der Waals surface area contributed by atoms with Gasteiger partial charge in [0.15, 0.2) is 0 Å². The Morgan fingerprint density at radius 2 is 1.95 bits per heavy atom. The van der Waals surface area contributed by atoms with Gasteiger partial charge in [0.25, 0.3) is 0 Å². The van der Waals surface area contributed by atoms with Crippen molar-refractivity contribution in [2.45, 2.75) is 26.0 Å². The highest BCUT2D eigenvalue weighted by Gasteiger charge is 2.24. The normalized spacial score (nSPS) is 16.4. The van der Waals surface area contributed by atoms with Crippen molar-refractivity contribution >= 4 is 5.69 Å². The highest BCUT2D eigenvalue weighted by Crippen LogP contribution is 2.30. The van der Waals surface area contributed by atoms with Gasteiger partial charge in [-0.2, -0.15) is 0 Å². The summed E-state index contributed by atoms with van der Waals surface area (Å²) in [6, 6.07) is 14.8. The molecular formula is C18H22N2O. The van der Waals surface area contributed by atoms with Crippen LogP contribution in [0.1, 0.15) is 16.7 Å². The number of nitrogens with zero attached hydrogens (tertiary/aromatic N) is 1. The third-order valence-corrected chi connectivity index (χ3v) is 4.05. The zero-order valence-corrected chi connectivity index (χ0v) is 12.7. The van der Waals surface area contributed by atoms with Gasteiger partial charge in [-0.1, -0.05) is 29.8 Å². The maximum Gasteiger partial charge on any atom is 0.123 e. The van der Waals surface area contributed by atoms with Crippen molar-refractivity contribution in [2.24, 2.45) is 5.73 Å². The predicted octanol–water partition coefficient (Wildman–Crippen LogP) is 2.89. The number of anilines is 1. The Labute approximate surface area is 126 Å². The van der Waals surface area contributed by atoms with Crippen LogP contribution in [-0.2, 0) is 13.0 Å². The molecule has 2 aromatic rings. The van der Waals surface area contributed by atoms with E-state index in [9.17, 15) is 0 Å². The zero-order valence-electron chi connectivity index (χ0n) is 12.7. The summed E-state index contributed by atoms with van der Waals surface area (Å²) in [4.78, 5) is 2.24. The van der Waals surface area contributed by atoms with Crippen molar-refractivity contribution in [3.8, 4) is 5.75 Å². The molecule has 1 aliphatic rings. The monoisotopic (exact) mass is 282 g/mol. The zero-order chi connectivity index (χ0) is 14.8. The van der Waals surface area contributed by atoms with Crippen LogP contribution in [0.5, 0.6) is 5.75 Å². The molecule has 0 saturated carbocycles. The second kappa shape index (κ2) is 5.78. The largest absolute Gasteiger partial charge is 0.488 e.